The lowest BCUT2D eigenvalue weighted by atomic mass is 10.2. The lowest BCUT2D eigenvalue weighted by Crippen LogP contribution is -2.22. The average molecular weight is 377 g/mol. The Kier molecular flexibility index (Phi) is 5.13. The van der Waals surface area contributed by atoms with Gasteiger partial charge in [0.1, 0.15) is 11.4 Å². The minimum Gasteiger partial charge on any atom is -0.325 e. The molecule has 1 amide bonds. The minimum atomic E-state index is -4.46. The van der Waals surface area contributed by atoms with Crippen LogP contribution in [0.4, 0.5) is 18.9 Å². The van der Waals surface area contributed by atoms with Gasteiger partial charge >= 0.3 is 6.18 Å². The average Bonchev–Trinajstić information content (AvgIpc) is 2.61. The molecule has 0 saturated carbocycles. The zero-order valence-electron chi connectivity index (χ0n) is 13.6. The van der Waals surface area contributed by atoms with Gasteiger partial charge in [0.15, 0.2) is 0 Å². The maximum absolute atomic E-state index is 12.8. The predicted molar refractivity (Wildman–Crippen MR) is 94.9 cm³/mol. The number of nitrogens with one attached hydrogen (secondary N) is 1. The number of halogens is 3. The largest absolute Gasteiger partial charge is 0.416 e. The maximum Gasteiger partial charge on any atom is 0.416 e. The Morgan fingerprint density at radius 2 is 1.88 bits per heavy atom. The number of carbonyl (C=O) groups excluding carboxylic acids is 1. The number of aromatic nitrogens is 2. The molecule has 0 aliphatic rings. The molecule has 2 aromatic carbocycles. The standard InChI is InChI=1S/C18H14F3N3OS/c1-11(26-17-14-7-2-3-8-15(14)22-10-23-17)16(25)24-13-6-4-5-12(9-13)18(19,20)21/h2-11H,1H3,(H,24,25). The van der Waals surface area contributed by atoms with Crippen LogP contribution in [0.1, 0.15) is 12.5 Å². The number of thioether (sulfide) groups is 1. The summed E-state index contributed by atoms with van der Waals surface area (Å²) in [4.78, 5) is 20.7. The summed E-state index contributed by atoms with van der Waals surface area (Å²) in [6.07, 6.45) is -3.04. The lowest BCUT2D eigenvalue weighted by Gasteiger charge is -2.14. The number of benzene rings is 2. The van der Waals surface area contributed by atoms with Gasteiger partial charge < -0.3 is 5.32 Å². The fraction of sp³-hybridized carbons (Fsp3) is 0.167. The van der Waals surface area contributed by atoms with Crippen LogP contribution in [0.25, 0.3) is 10.9 Å². The van der Waals surface area contributed by atoms with E-state index < -0.39 is 22.9 Å². The number of hydrogen-bond donors (Lipinski definition) is 1. The number of alkyl halides is 3. The van der Waals surface area contributed by atoms with E-state index in [4.69, 9.17) is 0 Å². The molecular formula is C18H14F3N3OS. The van der Waals surface area contributed by atoms with Crippen LogP contribution in [0.3, 0.4) is 0 Å². The van der Waals surface area contributed by atoms with Crippen molar-refractivity contribution in [3.63, 3.8) is 0 Å². The van der Waals surface area contributed by atoms with E-state index in [2.05, 4.69) is 15.3 Å². The molecule has 26 heavy (non-hydrogen) atoms. The molecule has 0 saturated heterocycles. The van der Waals surface area contributed by atoms with Crippen molar-refractivity contribution in [3.8, 4) is 0 Å². The van der Waals surface area contributed by atoms with E-state index in [9.17, 15) is 18.0 Å². The van der Waals surface area contributed by atoms with E-state index in [0.29, 0.717) is 5.03 Å². The number of anilines is 1. The maximum atomic E-state index is 12.8. The molecule has 1 aromatic heterocycles. The summed E-state index contributed by atoms with van der Waals surface area (Å²) < 4.78 is 38.3. The predicted octanol–water partition coefficient (Wildman–Crippen LogP) is 4.77. The molecule has 0 bridgehead atoms. The topological polar surface area (TPSA) is 54.9 Å². The SMILES string of the molecule is CC(Sc1ncnc2ccccc12)C(=O)Nc1cccc(C(F)(F)F)c1. The highest BCUT2D eigenvalue weighted by molar-refractivity contribution is 8.00. The van der Waals surface area contributed by atoms with Gasteiger partial charge in [-0.15, -0.1) is 0 Å². The Morgan fingerprint density at radius 3 is 2.65 bits per heavy atom. The molecule has 1 unspecified atom stereocenters. The normalized spacial score (nSPS) is 12.8. The second-order valence-electron chi connectivity index (χ2n) is 5.52. The zero-order chi connectivity index (χ0) is 18.7. The summed E-state index contributed by atoms with van der Waals surface area (Å²) in [6, 6.07) is 12.0. The van der Waals surface area contributed by atoms with Gasteiger partial charge in [-0.05, 0) is 31.2 Å². The van der Waals surface area contributed by atoms with Crippen molar-refractivity contribution in [2.75, 3.05) is 5.32 Å². The summed E-state index contributed by atoms with van der Waals surface area (Å²) >= 11 is 1.22. The molecule has 0 aliphatic carbocycles. The molecule has 4 nitrogen and oxygen atoms in total. The summed E-state index contributed by atoms with van der Waals surface area (Å²) in [7, 11) is 0. The third kappa shape index (κ3) is 4.13. The van der Waals surface area contributed by atoms with Crippen molar-refractivity contribution < 1.29 is 18.0 Å². The number of hydrogen-bond acceptors (Lipinski definition) is 4. The van der Waals surface area contributed by atoms with Crippen molar-refractivity contribution in [1.29, 1.82) is 0 Å². The summed E-state index contributed by atoms with van der Waals surface area (Å²) in [5.74, 6) is -0.406. The van der Waals surface area contributed by atoms with Gasteiger partial charge in [0.05, 0.1) is 16.3 Å². The molecule has 0 fully saturated rings. The summed E-state index contributed by atoms with van der Waals surface area (Å²) in [5.41, 5.74) is 0.0534. The molecule has 1 atom stereocenters. The van der Waals surface area contributed by atoms with Crippen LogP contribution in [0.15, 0.2) is 59.9 Å². The molecular weight excluding hydrogens is 363 g/mol. The van der Waals surface area contributed by atoms with Crippen molar-refractivity contribution in [3.05, 3.63) is 60.4 Å². The third-order valence-electron chi connectivity index (χ3n) is 3.62. The number of para-hydroxylation sites is 1. The smallest absolute Gasteiger partial charge is 0.325 e. The van der Waals surface area contributed by atoms with E-state index in [1.807, 2.05) is 24.3 Å². The molecule has 134 valence electrons. The fourth-order valence-electron chi connectivity index (χ4n) is 2.31. The molecule has 0 radical (unpaired) electrons. The van der Waals surface area contributed by atoms with Gasteiger partial charge in [0.25, 0.3) is 0 Å². The van der Waals surface area contributed by atoms with Gasteiger partial charge in [-0.1, -0.05) is 36.0 Å². The number of carbonyl (C=O) groups is 1. The lowest BCUT2D eigenvalue weighted by molar-refractivity contribution is -0.137. The molecule has 1 N–H and O–H groups in total. The molecule has 3 rings (SSSR count). The van der Waals surface area contributed by atoms with Crippen LogP contribution in [0.2, 0.25) is 0 Å². The molecule has 1 heterocycles. The second-order valence-corrected chi connectivity index (χ2v) is 6.85. The van der Waals surface area contributed by atoms with Crippen molar-refractivity contribution in [2.24, 2.45) is 0 Å². The van der Waals surface area contributed by atoms with E-state index in [1.54, 1.807) is 6.92 Å². The molecule has 0 aliphatic heterocycles. The van der Waals surface area contributed by atoms with Crippen molar-refractivity contribution >= 4 is 34.3 Å². The third-order valence-corrected chi connectivity index (χ3v) is 4.74. The molecule has 8 heteroatoms. The Morgan fingerprint density at radius 1 is 1.12 bits per heavy atom. The van der Waals surface area contributed by atoms with Crippen LogP contribution in [-0.4, -0.2) is 21.1 Å². The van der Waals surface area contributed by atoms with Crippen molar-refractivity contribution in [2.45, 2.75) is 23.4 Å². The minimum absolute atomic E-state index is 0.102. The Labute approximate surface area is 151 Å². The first-order valence-electron chi connectivity index (χ1n) is 7.69. The van der Waals surface area contributed by atoms with Crippen LogP contribution in [0, 0.1) is 0 Å². The van der Waals surface area contributed by atoms with Crippen LogP contribution in [0.5, 0.6) is 0 Å². The number of rotatable bonds is 4. The zero-order valence-corrected chi connectivity index (χ0v) is 14.4. The van der Waals surface area contributed by atoms with E-state index >= 15 is 0 Å². The monoisotopic (exact) mass is 377 g/mol. The number of nitrogens with zero attached hydrogens (tertiary/aromatic N) is 2. The van der Waals surface area contributed by atoms with Crippen LogP contribution < -0.4 is 5.32 Å². The van der Waals surface area contributed by atoms with Gasteiger partial charge in [0.2, 0.25) is 5.91 Å². The van der Waals surface area contributed by atoms with E-state index in [1.165, 1.54) is 30.2 Å². The second kappa shape index (κ2) is 7.33. The fourth-order valence-corrected chi connectivity index (χ4v) is 3.22. The first-order chi connectivity index (χ1) is 12.3. The Balaban J connectivity index is 1.74. The highest BCUT2D eigenvalue weighted by Gasteiger charge is 2.30. The Bertz CT molecular complexity index is 941. The van der Waals surface area contributed by atoms with E-state index in [-0.39, 0.29) is 5.69 Å². The highest BCUT2D eigenvalue weighted by atomic mass is 32.2. The quantitative estimate of drug-likeness (QED) is 0.526. The van der Waals surface area contributed by atoms with Gasteiger partial charge in [-0.3, -0.25) is 4.79 Å². The van der Waals surface area contributed by atoms with Gasteiger partial charge in [0, 0.05) is 11.1 Å². The number of fused-ring (bicyclic) bond motifs is 1. The summed E-state index contributed by atoms with van der Waals surface area (Å²) in [6.45, 7) is 1.67. The first kappa shape index (κ1) is 18.2. The highest BCUT2D eigenvalue weighted by Crippen LogP contribution is 2.31. The van der Waals surface area contributed by atoms with Crippen LogP contribution in [-0.2, 0) is 11.0 Å². The number of amides is 1. The van der Waals surface area contributed by atoms with Crippen molar-refractivity contribution in [1.82, 2.24) is 9.97 Å². The van der Waals surface area contributed by atoms with Gasteiger partial charge in [-0.25, -0.2) is 9.97 Å². The Hall–Kier alpha value is -2.61. The molecule has 3 aromatic rings. The summed E-state index contributed by atoms with van der Waals surface area (Å²) in [5, 5.41) is 3.43. The van der Waals surface area contributed by atoms with Gasteiger partial charge in [-0.2, -0.15) is 13.2 Å². The van der Waals surface area contributed by atoms with E-state index in [0.717, 1.165) is 23.0 Å². The first-order valence-corrected chi connectivity index (χ1v) is 8.57. The molecule has 0 spiro atoms. The van der Waals surface area contributed by atoms with Crippen LogP contribution >= 0.6 is 11.8 Å².